The first kappa shape index (κ1) is 12.6. The number of nitrogens with one attached hydrogen (secondary N) is 1. The highest BCUT2D eigenvalue weighted by Crippen LogP contribution is 2.25. The van der Waals surface area contributed by atoms with Crippen molar-refractivity contribution < 1.29 is 4.74 Å². The minimum absolute atomic E-state index is 0.668. The van der Waals surface area contributed by atoms with Crippen molar-refractivity contribution in [1.82, 2.24) is 4.98 Å². The van der Waals surface area contributed by atoms with E-state index in [1.54, 1.807) is 0 Å². The molecule has 4 nitrogen and oxygen atoms in total. The maximum Gasteiger partial charge on any atom is 0.120 e. The Bertz CT molecular complexity index is 513. The van der Waals surface area contributed by atoms with Crippen molar-refractivity contribution in [2.75, 3.05) is 25.0 Å². The standard InChI is InChI=1S/C14H19N3O/c1-2-18-11-4-5-13-12(10-11)14(6-9-17-13)16-8-3-7-15/h4-6,9-10H,2-3,7-8,15H2,1H3,(H,16,17). The van der Waals surface area contributed by atoms with Gasteiger partial charge in [0.15, 0.2) is 0 Å². The van der Waals surface area contributed by atoms with Gasteiger partial charge in [-0.2, -0.15) is 0 Å². The fourth-order valence-corrected chi connectivity index (χ4v) is 1.86. The lowest BCUT2D eigenvalue weighted by Gasteiger charge is -2.10. The van der Waals surface area contributed by atoms with E-state index < -0.39 is 0 Å². The van der Waals surface area contributed by atoms with E-state index in [-0.39, 0.29) is 0 Å². The first-order chi connectivity index (χ1) is 8.85. The number of anilines is 1. The first-order valence-electron chi connectivity index (χ1n) is 6.30. The van der Waals surface area contributed by atoms with Crippen molar-refractivity contribution in [3.63, 3.8) is 0 Å². The van der Waals surface area contributed by atoms with Crippen LogP contribution in [0.3, 0.4) is 0 Å². The highest BCUT2D eigenvalue weighted by atomic mass is 16.5. The van der Waals surface area contributed by atoms with Gasteiger partial charge in [0.05, 0.1) is 12.1 Å². The van der Waals surface area contributed by atoms with E-state index in [9.17, 15) is 0 Å². The Kier molecular flexibility index (Phi) is 4.36. The molecule has 0 bridgehead atoms. The number of pyridine rings is 1. The topological polar surface area (TPSA) is 60.2 Å². The van der Waals surface area contributed by atoms with Crippen LogP contribution in [-0.4, -0.2) is 24.7 Å². The third-order valence-corrected chi connectivity index (χ3v) is 2.72. The number of hydrogen-bond acceptors (Lipinski definition) is 4. The molecule has 0 unspecified atom stereocenters. The quantitative estimate of drug-likeness (QED) is 0.767. The molecule has 0 saturated heterocycles. The molecule has 4 heteroatoms. The minimum Gasteiger partial charge on any atom is -0.494 e. The van der Waals surface area contributed by atoms with Crippen LogP contribution in [0.2, 0.25) is 0 Å². The summed E-state index contributed by atoms with van der Waals surface area (Å²) in [7, 11) is 0. The number of nitrogens with zero attached hydrogens (tertiary/aromatic N) is 1. The van der Waals surface area contributed by atoms with E-state index in [2.05, 4.69) is 10.3 Å². The zero-order chi connectivity index (χ0) is 12.8. The molecular weight excluding hydrogens is 226 g/mol. The molecule has 0 aliphatic heterocycles. The van der Waals surface area contributed by atoms with Crippen LogP contribution in [0.5, 0.6) is 5.75 Å². The Labute approximate surface area is 107 Å². The molecule has 0 aliphatic carbocycles. The molecule has 2 aromatic rings. The van der Waals surface area contributed by atoms with Crippen LogP contribution in [0.1, 0.15) is 13.3 Å². The average molecular weight is 245 g/mol. The molecule has 0 fully saturated rings. The Balaban J connectivity index is 2.29. The van der Waals surface area contributed by atoms with Crippen molar-refractivity contribution in [3.05, 3.63) is 30.5 Å². The molecule has 0 atom stereocenters. The second-order valence-electron chi connectivity index (χ2n) is 4.04. The van der Waals surface area contributed by atoms with E-state index in [0.29, 0.717) is 13.2 Å². The predicted octanol–water partition coefficient (Wildman–Crippen LogP) is 2.39. The van der Waals surface area contributed by atoms with E-state index in [0.717, 1.165) is 35.3 Å². The van der Waals surface area contributed by atoms with Gasteiger partial charge in [-0.3, -0.25) is 4.98 Å². The molecule has 1 aromatic carbocycles. The van der Waals surface area contributed by atoms with Gasteiger partial charge in [0.25, 0.3) is 0 Å². The van der Waals surface area contributed by atoms with Gasteiger partial charge in [-0.15, -0.1) is 0 Å². The highest BCUT2D eigenvalue weighted by Gasteiger charge is 2.03. The maximum absolute atomic E-state index is 5.52. The number of benzene rings is 1. The fraction of sp³-hybridized carbons (Fsp3) is 0.357. The van der Waals surface area contributed by atoms with Gasteiger partial charge in [-0.05, 0) is 44.2 Å². The van der Waals surface area contributed by atoms with Crippen LogP contribution in [0.4, 0.5) is 5.69 Å². The van der Waals surface area contributed by atoms with E-state index in [1.165, 1.54) is 0 Å². The molecule has 1 heterocycles. The average Bonchev–Trinajstić information content (AvgIpc) is 2.40. The molecule has 0 saturated carbocycles. The minimum atomic E-state index is 0.668. The van der Waals surface area contributed by atoms with Crippen LogP contribution in [0, 0.1) is 0 Å². The van der Waals surface area contributed by atoms with Crippen LogP contribution < -0.4 is 15.8 Å². The van der Waals surface area contributed by atoms with Gasteiger partial charge in [-0.1, -0.05) is 0 Å². The van der Waals surface area contributed by atoms with Crippen molar-refractivity contribution in [3.8, 4) is 5.75 Å². The van der Waals surface area contributed by atoms with E-state index in [4.69, 9.17) is 10.5 Å². The molecule has 0 radical (unpaired) electrons. The lowest BCUT2D eigenvalue weighted by molar-refractivity contribution is 0.340. The Morgan fingerprint density at radius 2 is 2.22 bits per heavy atom. The normalized spacial score (nSPS) is 10.6. The SMILES string of the molecule is CCOc1ccc2nccc(NCCCN)c2c1. The Hall–Kier alpha value is -1.81. The summed E-state index contributed by atoms with van der Waals surface area (Å²) in [5.74, 6) is 0.875. The number of ether oxygens (including phenoxy) is 1. The van der Waals surface area contributed by atoms with Crippen LogP contribution in [-0.2, 0) is 0 Å². The van der Waals surface area contributed by atoms with Crippen molar-refractivity contribution in [2.24, 2.45) is 5.73 Å². The summed E-state index contributed by atoms with van der Waals surface area (Å²) in [6.45, 7) is 4.21. The summed E-state index contributed by atoms with van der Waals surface area (Å²) < 4.78 is 5.52. The lowest BCUT2D eigenvalue weighted by atomic mass is 10.1. The largest absolute Gasteiger partial charge is 0.494 e. The van der Waals surface area contributed by atoms with Gasteiger partial charge in [0.1, 0.15) is 5.75 Å². The van der Waals surface area contributed by atoms with Gasteiger partial charge >= 0.3 is 0 Å². The Morgan fingerprint density at radius 1 is 1.33 bits per heavy atom. The monoisotopic (exact) mass is 245 g/mol. The fourth-order valence-electron chi connectivity index (χ4n) is 1.86. The van der Waals surface area contributed by atoms with Crippen LogP contribution >= 0.6 is 0 Å². The summed E-state index contributed by atoms with van der Waals surface area (Å²) in [6, 6.07) is 7.93. The molecule has 1 aromatic heterocycles. The number of rotatable bonds is 6. The van der Waals surface area contributed by atoms with Gasteiger partial charge in [0.2, 0.25) is 0 Å². The molecule has 0 spiro atoms. The number of aromatic nitrogens is 1. The first-order valence-corrected chi connectivity index (χ1v) is 6.30. The van der Waals surface area contributed by atoms with E-state index >= 15 is 0 Å². The van der Waals surface area contributed by atoms with Gasteiger partial charge in [-0.25, -0.2) is 0 Å². The zero-order valence-electron chi connectivity index (χ0n) is 10.6. The summed E-state index contributed by atoms with van der Waals surface area (Å²) in [5, 5.41) is 4.47. The van der Waals surface area contributed by atoms with Crippen molar-refractivity contribution >= 4 is 16.6 Å². The molecule has 0 amide bonds. The second kappa shape index (κ2) is 6.21. The number of hydrogen-bond donors (Lipinski definition) is 2. The maximum atomic E-state index is 5.52. The third kappa shape index (κ3) is 2.90. The third-order valence-electron chi connectivity index (χ3n) is 2.72. The smallest absolute Gasteiger partial charge is 0.120 e. The molecule has 96 valence electrons. The molecule has 18 heavy (non-hydrogen) atoms. The van der Waals surface area contributed by atoms with Crippen molar-refractivity contribution in [2.45, 2.75) is 13.3 Å². The summed E-state index contributed by atoms with van der Waals surface area (Å²) in [4.78, 5) is 4.35. The second-order valence-corrected chi connectivity index (χ2v) is 4.04. The van der Waals surface area contributed by atoms with Gasteiger partial charge in [0, 0.05) is 23.8 Å². The molecular formula is C14H19N3O. The number of fused-ring (bicyclic) bond motifs is 1. The van der Waals surface area contributed by atoms with E-state index in [1.807, 2.05) is 37.4 Å². The van der Waals surface area contributed by atoms with Gasteiger partial charge < -0.3 is 15.8 Å². The summed E-state index contributed by atoms with van der Waals surface area (Å²) in [5.41, 5.74) is 7.54. The molecule has 0 aliphatic rings. The Morgan fingerprint density at radius 3 is 3.00 bits per heavy atom. The number of nitrogens with two attached hydrogens (primary N) is 1. The lowest BCUT2D eigenvalue weighted by Crippen LogP contribution is -2.08. The van der Waals surface area contributed by atoms with Crippen molar-refractivity contribution in [1.29, 1.82) is 0 Å². The summed E-state index contributed by atoms with van der Waals surface area (Å²) >= 11 is 0. The molecule has 3 N–H and O–H groups in total. The van der Waals surface area contributed by atoms with Crippen LogP contribution in [0.15, 0.2) is 30.5 Å². The summed E-state index contributed by atoms with van der Waals surface area (Å²) in [6.07, 6.45) is 2.77. The van der Waals surface area contributed by atoms with Crippen LogP contribution in [0.25, 0.3) is 10.9 Å². The highest BCUT2D eigenvalue weighted by molar-refractivity contribution is 5.92. The zero-order valence-corrected chi connectivity index (χ0v) is 10.6. The predicted molar refractivity (Wildman–Crippen MR) is 75.1 cm³/mol. The molecule has 2 rings (SSSR count).